The Hall–Kier alpha value is -1.55. The molecular weight excluding hydrogens is 228 g/mol. The van der Waals surface area contributed by atoms with Gasteiger partial charge in [-0.05, 0) is 31.0 Å². The number of amides is 1. The second-order valence-corrected chi connectivity index (χ2v) is 5.03. The monoisotopic (exact) mass is 246 g/mol. The van der Waals surface area contributed by atoms with Crippen LogP contribution in [0.15, 0.2) is 24.3 Å². The van der Waals surface area contributed by atoms with Gasteiger partial charge in [0.15, 0.2) is 0 Å². The largest absolute Gasteiger partial charge is 0.497 e. The maximum Gasteiger partial charge on any atom is 0.254 e. The number of methoxy groups -OCH3 is 1. The second-order valence-electron chi connectivity index (χ2n) is 5.03. The van der Waals surface area contributed by atoms with Gasteiger partial charge in [-0.25, -0.2) is 0 Å². The van der Waals surface area contributed by atoms with E-state index in [4.69, 9.17) is 4.74 Å². The van der Waals surface area contributed by atoms with E-state index in [0.29, 0.717) is 12.1 Å². The Bertz CT molecular complexity index is 453. The summed E-state index contributed by atoms with van der Waals surface area (Å²) in [6.45, 7) is 1.76. The minimum Gasteiger partial charge on any atom is -0.497 e. The number of carbonyl (C=O) groups is 1. The fraction of sp³-hybridized carbons (Fsp3) is 0.500. The molecule has 2 unspecified atom stereocenters. The van der Waals surface area contributed by atoms with Crippen LogP contribution in [0.5, 0.6) is 5.75 Å². The summed E-state index contributed by atoms with van der Waals surface area (Å²) in [5, 5.41) is 3.46. The Morgan fingerprint density at radius 1 is 1.44 bits per heavy atom. The smallest absolute Gasteiger partial charge is 0.254 e. The van der Waals surface area contributed by atoms with E-state index in [1.54, 1.807) is 7.11 Å². The Kier molecular flexibility index (Phi) is 2.96. The first kappa shape index (κ1) is 11.5. The number of fused-ring (bicyclic) bond motifs is 3. The van der Waals surface area contributed by atoms with E-state index in [1.807, 2.05) is 29.2 Å². The third kappa shape index (κ3) is 1.97. The first-order chi connectivity index (χ1) is 8.78. The van der Waals surface area contributed by atoms with E-state index in [0.717, 1.165) is 30.8 Å². The molecule has 4 nitrogen and oxygen atoms in total. The molecule has 0 aromatic heterocycles. The molecule has 1 N–H and O–H groups in total. The molecule has 1 aromatic rings. The van der Waals surface area contributed by atoms with Gasteiger partial charge in [0, 0.05) is 30.7 Å². The zero-order valence-corrected chi connectivity index (χ0v) is 10.6. The summed E-state index contributed by atoms with van der Waals surface area (Å²) in [5.74, 6) is 0.867. The van der Waals surface area contributed by atoms with Crippen molar-refractivity contribution < 1.29 is 9.53 Å². The van der Waals surface area contributed by atoms with Crippen LogP contribution in [0.4, 0.5) is 0 Å². The first-order valence-electron chi connectivity index (χ1n) is 6.46. The van der Waals surface area contributed by atoms with Crippen molar-refractivity contribution in [3.05, 3.63) is 29.8 Å². The zero-order chi connectivity index (χ0) is 12.5. The molecule has 2 bridgehead atoms. The van der Waals surface area contributed by atoms with E-state index in [1.165, 1.54) is 6.42 Å². The maximum absolute atomic E-state index is 12.5. The average molecular weight is 246 g/mol. The fourth-order valence-electron chi connectivity index (χ4n) is 2.88. The number of rotatable bonds is 2. The number of hydrogen-bond acceptors (Lipinski definition) is 3. The lowest BCUT2D eigenvalue weighted by atomic mass is 9.92. The van der Waals surface area contributed by atoms with E-state index in [2.05, 4.69) is 5.32 Å². The zero-order valence-electron chi connectivity index (χ0n) is 10.6. The van der Waals surface area contributed by atoms with Crippen molar-refractivity contribution in [3.63, 3.8) is 0 Å². The van der Waals surface area contributed by atoms with Crippen LogP contribution in [-0.2, 0) is 0 Å². The summed E-state index contributed by atoms with van der Waals surface area (Å²) in [4.78, 5) is 14.5. The molecule has 1 aromatic carbocycles. The Morgan fingerprint density at radius 3 is 2.94 bits per heavy atom. The van der Waals surface area contributed by atoms with Gasteiger partial charge in [-0.3, -0.25) is 4.79 Å². The van der Waals surface area contributed by atoms with Crippen molar-refractivity contribution >= 4 is 5.91 Å². The van der Waals surface area contributed by atoms with Gasteiger partial charge >= 0.3 is 0 Å². The molecule has 0 saturated carbocycles. The van der Waals surface area contributed by atoms with Crippen molar-refractivity contribution in [2.45, 2.75) is 24.9 Å². The molecule has 3 aliphatic rings. The van der Waals surface area contributed by atoms with Gasteiger partial charge in [0.05, 0.1) is 7.11 Å². The lowest BCUT2D eigenvalue weighted by molar-refractivity contribution is 0.0440. The highest BCUT2D eigenvalue weighted by Gasteiger charge is 2.36. The third-order valence-corrected chi connectivity index (χ3v) is 3.93. The SMILES string of the molecule is COc1cccc(C(=O)N2CC3CCC2CN3)c1. The number of benzene rings is 1. The molecule has 4 rings (SSSR count). The summed E-state index contributed by atoms with van der Waals surface area (Å²) in [6, 6.07) is 8.24. The van der Waals surface area contributed by atoms with Crippen molar-refractivity contribution in [1.29, 1.82) is 0 Å². The summed E-state index contributed by atoms with van der Waals surface area (Å²) in [5.41, 5.74) is 0.724. The Balaban J connectivity index is 1.81. The molecular formula is C14H18N2O2. The molecule has 3 heterocycles. The number of carbonyl (C=O) groups excluding carboxylic acids is 1. The molecule has 96 valence electrons. The quantitative estimate of drug-likeness (QED) is 0.854. The number of piperidine rings is 2. The van der Waals surface area contributed by atoms with Gasteiger partial charge in [-0.1, -0.05) is 6.07 Å². The van der Waals surface area contributed by atoms with Crippen LogP contribution in [-0.4, -0.2) is 43.1 Å². The highest BCUT2D eigenvalue weighted by molar-refractivity contribution is 5.95. The van der Waals surface area contributed by atoms with Crippen LogP contribution in [0.1, 0.15) is 23.2 Å². The van der Waals surface area contributed by atoms with Gasteiger partial charge in [0.2, 0.25) is 0 Å². The highest BCUT2D eigenvalue weighted by atomic mass is 16.5. The Morgan fingerprint density at radius 2 is 2.33 bits per heavy atom. The molecule has 4 heteroatoms. The fourth-order valence-corrected chi connectivity index (χ4v) is 2.88. The molecule has 0 spiro atoms. The van der Waals surface area contributed by atoms with Crippen LogP contribution in [0.2, 0.25) is 0 Å². The van der Waals surface area contributed by atoms with Crippen molar-refractivity contribution in [3.8, 4) is 5.75 Å². The number of nitrogens with zero attached hydrogens (tertiary/aromatic N) is 1. The summed E-state index contributed by atoms with van der Waals surface area (Å²) in [7, 11) is 1.62. The Labute approximate surface area is 107 Å². The van der Waals surface area contributed by atoms with Crippen LogP contribution < -0.4 is 10.1 Å². The molecule has 0 radical (unpaired) electrons. The van der Waals surface area contributed by atoms with Crippen molar-refractivity contribution in [1.82, 2.24) is 10.2 Å². The normalized spacial score (nSPS) is 26.2. The van der Waals surface area contributed by atoms with Crippen molar-refractivity contribution in [2.75, 3.05) is 20.2 Å². The standard InChI is InChI=1S/C14H18N2O2/c1-18-13-4-2-3-10(7-13)14(17)16-9-11-5-6-12(16)8-15-11/h2-4,7,11-12,15H,5-6,8-9H2,1H3. The summed E-state index contributed by atoms with van der Waals surface area (Å²) < 4.78 is 5.17. The molecule has 2 atom stereocenters. The number of hydrogen-bond donors (Lipinski definition) is 1. The lowest BCUT2D eigenvalue weighted by Crippen LogP contribution is -2.62. The van der Waals surface area contributed by atoms with Gasteiger partial charge in [0.25, 0.3) is 5.91 Å². The number of piperazine rings is 1. The number of nitrogens with one attached hydrogen (secondary N) is 1. The highest BCUT2D eigenvalue weighted by Crippen LogP contribution is 2.25. The van der Waals surface area contributed by atoms with Crippen LogP contribution in [0, 0.1) is 0 Å². The third-order valence-electron chi connectivity index (χ3n) is 3.93. The number of ether oxygens (including phenoxy) is 1. The molecule has 3 fully saturated rings. The van der Waals surface area contributed by atoms with E-state index in [9.17, 15) is 4.79 Å². The van der Waals surface area contributed by atoms with Crippen LogP contribution in [0.25, 0.3) is 0 Å². The molecule has 0 aliphatic carbocycles. The molecule has 3 aliphatic heterocycles. The first-order valence-corrected chi connectivity index (χ1v) is 6.46. The minimum absolute atomic E-state index is 0.130. The van der Waals surface area contributed by atoms with Gasteiger partial charge < -0.3 is 15.0 Å². The molecule has 18 heavy (non-hydrogen) atoms. The predicted molar refractivity (Wildman–Crippen MR) is 68.8 cm³/mol. The molecule has 3 saturated heterocycles. The minimum atomic E-state index is 0.130. The van der Waals surface area contributed by atoms with E-state index < -0.39 is 0 Å². The average Bonchev–Trinajstić information content (AvgIpc) is 2.47. The predicted octanol–water partition coefficient (Wildman–Crippen LogP) is 1.27. The lowest BCUT2D eigenvalue weighted by Gasteiger charge is -2.46. The van der Waals surface area contributed by atoms with Gasteiger partial charge in [-0.2, -0.15) is 0 Å². The van der Waals surface area contributed by atoms with Gasteiger partial charge in [0.1, 0.15) is 5.75 Å². The molecule has 1 amide bonds. The van der Waals surface area contributed by atoms with Crippen LogP contribution in [0.3, 0.4) is 0 Å². The van der Waals surface area contributed by atoms with E-state index >= 15 is 0 Å². The summed E-state index contributed by atoms with van der Waals surface area (Å²) in [6.07, 6.45) is 2.31. The van der Waals surface area contributed by atoms with Crippen molar-refractivity contribution in [2.24, 2.45) is 0 Å². The maximum atomic E-state index is 12.5. The summed E-state index contributed by atoms with van der Waals surface area (Å²) >= 11 is 0. The topological polar surface area (TPSA) is 41.6 Å². The van der Waals surface area contributed by atoms with Gasteiger partial charge in [-0.15, -0.1) is 0 Å². The second kappa shape index (κ2) is 4.61. The van der Waals surface area contributed by atoms with E-state index in [-0.39, 0.29) is 5.91 Å². The van der Waals surface area contributed by atoms with Crippen LogP contribution >= 0.6 is 0 Å².